The first kappa shape index (κ1) is 15.2. The summed E-state index contributed by atoms with van der Waals surface area (Å²) in [6.07, 6.45) is 1.95. The summed E-state index contributed by atoms with van der Waals surface area (Å²) in [7, 11) is 0. The Morgan fingerprint density at radius 1 is 1.29 bits per heavy atom. The molecule has 2 rings (SSSR count). The number of carbonyl (C=O) groups excluding carboxylic acids is 1. The van der Waals surface area contributed by atoms with E-state index in [0.29, 0.717) is 30.3 Å². The van der Waals surface area contributed by atoms with Gasteiger partial charge in [-0.1, -0.05) is 0 Å². The molecule has 112 valence electrons. The van der Waals surface area contributed by atoms with Crippen LogP contribution in [0, 0.1) is 11.3 Å². The largest absolute Gasteiger partial charge is 0.490 e. The maximum Gasteiger partial charge on any atom is 0.255 e. The third-order valence-electron chi connectivity index (χ3n) is 3.28. The van der Waals surface area contributed by atoms with Gasteiger partial charge in [0, 0.05) is 11.6 Å². The van der Waals surface area contributed by atoms with Crippen molar-refractivity contribution in [1.29, 1.82) is 5.26 Å². The molecule has 1 aromatic carbocycles. The monoisotopic (exact) mass is 288 g/mol. The van der Waals surface area contributed by atoms with E-state index in [4.69, 9.17) is 14.7 Å². The lowest BCUT2D eigenvalue weighted by molar-refractivity contribution is 0.0764. The molecule has 0 atom stereocenters. The maximum absolute atomic E-state index is 12.5. The van der Waals surface area contributed by atoms with Crippen LogP contribution in [0.1, 0.15) is 37.0 Å². The molecule has 1 saturated carbocycles. The van der Waals surface area contributed by atoms with Crippen LogP contribution in [0.4, 0.5) is 0 Å². The lowest BCUT2D eigenvalue weighted by Gasteiger charge is -2.20. The van der Waals surface area contributed by atoms with E-state index < -0.39 is 0 Å². The lowest BCUT2D eigenvalue weighted by atomic mass is 10.1. The highest BCUT2D eigenvalue weighted by Crippen LogP contribution is 2.31. The molecule has 0 aliphatic heterocycles. The topological polar surface area (TPSA) is 62.6 Å². The molecule has 0 N–H and O–H groups in total. The third kappa shape index (κ3) is 3.66. The molecule has 1 fully saturated rings. The summed E-state index contributed by atoms with van der Waals surface area (Å²) in [6.45, 7) is 4.95. The zero-order valence-corrected chi connectivity index (χ0v) is 12.5. The van der Waals surface area contributed by atoms with Gasteiger partial charge in [0.25, 0.3) is 5.91 Å². The van der Waals surface area contributed by atoms with Gasteiger partial charge in [0.05, 0.1) is 19.3 Å². The summed E-state index contributed by atoms with van der Waals surface area (Å²) in [5.41, 5.74) is 0.532. The van der Waals surface area contributed by atoms with Crippen LogP contribution in [0.5, 0.6) is 11.5 Å². The lowest BCUT2D eigenvalue weighted by Crippen LogP contribution is -2.33. The first-order valence-corrected chi connectivity index (χ1v) is 7.28. The summed E-state index contributed by atoms with van der Waals surface area (Å²) in [5.74, 6) is 1.08. The summed E-state index contributed by atoms with van der Waals surface area (Å²) in [6, 6.07) is 7.44. The van der Waals surface area contributed by atoms with Crippen molar-refractivity contribution in [2.75, 3.05) is 19.8 Å². The third-order valence-corrected chi connectivity index (χ3v) is 3.28. The Balaban J connectivity index is 2.24. The summed E-state index contributed by atoms with van der Waals surface area (Å²) in [5, 5.41) is 8.87. The van der Waals surface area contributed by atoms with Crippen molar-refractivity contribution in [1.82, 2.24) is 4.90 Å². The molecule has 1 aromatic rings. The molecular formula is C16H20N2O3. The average Bonchev–Trinajstić information content (AvgIpc) is 3.31. The predicted molar refractivity (Wildman–Crippen MR) is 78.5 cm³/mol. The Morgan fingerprint density at radius 3 is 2.52 bits per heavy atom. The first-order valence-electron chi connectivity index (χ1n) is 7.28. The molecule has 1 aliphatic carbocycles. The van der Waals surface area contributed by atoms with E-state index in [1.54, 1.807) is 23.1 Å². The van der Waals surface area contributed by atoms with Crippen molar-refractivity contribution in [3.8, 4) is 17.6 Å². The molecule has 5 heteroatoms. The van der Waals surface area contributed by atoms with Gasteiger partial charge >= 0.3 is 0 Å². The van der Waals surface area contributed by atoms with Crippen LogP contribution in [0.15, 0.2) is 18.2 Å². The Hall–Kier alpha value is -2.22. The number of benzene rings is 1. The highest BCUT2D eigenvalue weighted by atomic mass is 16.5. The van der Waals surface area contributed by atoms with Gasteiger partial charge in [0.2, 0.25) is 0 Å². The zero-order chi connectivity index (χ0) is 15.2. The fraction of sp³-hybridized carbons (Fsp3) is 0.500. The van der Waals surface area contributed by atoms with E-state index in [0.717, 1.165) is 12.8 Å². The molecule has 0 spiro atoms. The summed E-state index contributed by atoms with van der Waals surface area (Å²) in [4.78, 5) is 14.2. The Bertz CT molecular complexity index is 547. The zero-order valence-electron chi connectivity index (χ0n) is 12.5. The second-order valence-corrected chi connectivity index (χ2v) is 4.85. The second kappa shape index (κ2) is 6.98. The van der Waals surface area contributed by atoms with Gasteiger partial charge in [0.15, 0.2) is 11.5 Å². The molecule has 0 unspecified atom stereocenters. The van der Waals surface area contributed by atoms with E-state index in [1.165, 1.54) is 0 Å². The van der Waals surface area contributed by atoms with Gasteiger partial charge in [0.1, 0.15) is 6.54 Å². The number of amides is 1. The predicted octanol–water partition coefficient (Wildman–Crippen LogP) is 2.61. The molecule has 0 saturated heterocycles. The van der Waals surface area contributed by atoms with Crippen LogP contribution < -0.4 is 9.47 Å². The van der Waals surface area contributed by atoms with Gasteiger partial charge in [-0.15, -0.1) is 0 Å². The van der Waals surface area contributed by atoms with Crippen molar-refractivity contribution < 1.29 is 14.3 Å². The number of hydrogen-bond acceptors (Lipinski definition) is 4. The van der Waals surface area contributed by atoms with Crippen molar-refractivity contribution >= 4 is 5.91 Å². The van der Waals surface area contributed by atoms with Crippen molar-refractivity contribution in [3.05, 3.63) is 23.8 Å². The van der Waals surface area contributed by atoms with Crippen molar-refractivity contribution in [2.24, 2.45) is 0 Å². The minimum atomic E-state index is -0.122. The maximum atomic E-state index is 12.5. The van der Waals surface area contributed by atoms with E-state index >= 15 is 0 Å². The summed E-state index contributed by atoms with van der Waals surface area (Å²) >= 11 is 0. The van der Waals surface area contributed by atoms with E-state index in [-0.39, 0.29) is 18.5 Å². The first-order chi connectivity index (χ1) is 10.2. The minimum Gasteiger partial charge on any atom is -0.490 e. The van der Waals surface area contributed by atoms with Crippen LogP contribution in [-0.4, -0.2) is 36.6 Å². The fourth-order valence-electron chi connectivity index (χ4n) is 2.18. The summed E-state index contributed by atoms with van der Waals surface area (Å²) < 4.78 is 11.0. The van der Waals surface area contributed by atoms with Gasteiger partial charge < -0.3 is 14.4 Å². The molecule has 1 aliphatic rings. The quantitative estimate of drug-likeness (QED) is 0.723. The number of rotatable bonds is 7. The number of carbonyl (C=O) groups is 1. The number of hydrogen-bond donors (Lipinski definition) is 0. The van der Waals surface area contributed by atoms with Crippen LogP contribution in [0.3, 0.4) is 0 Å². The van der Waals surface area contributed by atoms with E-state index in [1.807, 2.05) is 13.8 Å². The Morgan fingerprint density at radius 2 is 1.95 bits per heavy atom. The normalized spacial score (nSPS) is 13.4. The molecule has 0 radical (unpaired) electrons. The van der Waals surface area contributed by atoms with Crippen molar-refractivity contribution in [3.63, 3.8) is 0 Å². The number of nitrogens with zero attached hydrogens (tertiary/aromatic N) is 2. The van der Waals surface area contributed by atoms with Crippen LogP contribution in [0.25, 0.3) is 0 Å². The number of ether oxygens (including phenoxy) is 2. The van der Waals surface area contributed by atoms with E-state index in [9.17, 15) is 4.79 Å². The molecule has 5 nitrogen and oxygen atoms in total. The van der Waals surface area contributed by atoms with E-state index in [2.05, 4.69) is 6.07 Å². The number of nitriles is 1. The second-order valence-electron chi connectivity index (χ2n) is 4.85. The van der Waals surface area contributed by atoms with Gasteiger partial charge in [-0.05, 0) is 44.9 Å². The average molecular weight is 288 g/mol. The van der Waals surface area contributed by atoms with Gasteiger partial charge in [-0.3, -0.25) is 4.79 Å². The minimum absolute atomic E-state index is 0.122. The standard InChI is InChI=1S/C16H20N2O3/c1-3-20-14-8-5-12(11-15(14)21-4-2)16(19)18(10-9-17)13-6-7-13/h5,8,11,13H,3-4,6-7,10H2,1-2H3. The molecular weight excluding hydrogens is 268 g/mol. The SMILES string of the molecule is CCOc1ccc(C(=O)N(CC#N)C2CC2)cc1OCC. The molecule has 0 heterocycles. The fourth-order valence-corrected chi connectivity index (χ4v) is 2.18. The van der Waals surface area contributed by atoms with Gasteiger partial charge in [-0.25, -0.2) is 0 Å². The van der Waals surface area contributed by atoms with Crippen LogP contribution >= 0.6 is 0 Å². The highest BCUT2D eigenvalue weighted by Gasteiger charge is 2.33. The molecule has 0 bridgehead atoms. The van der Waals surface area contributed by atoms with Crippen LogP contribution in [-0.2, 0) is 0 Å². The Kier molecular flexibility index (Phi) is 5.04. The van der Waals surface area contributed by atoms with Crippen LogP contribution in [0.2, 0.25) is 0 Å². The Labute approximate surface area is 125 Å². The molecule has 1 amide bonds. The highest BCUT2D eigenvalue weighted by molar-refractivity contribution is 5.95. The molecule has 0 aromatic heterocycles. The smallest absolute Gasteiger partial charge is 0.255 e. The van der Waals surface area contributed by atoms with Gasteiger partial charge in [-0.2, -0.15) is 5.26 Å². The van der Waals surface area contributed by atoms with Crippen molar-refractivity contribution in [2.45, 2.75) is 32.7 Å². The molecule has 21 heavy (non-hydrogen) atoms.